The van der Waals surface area contributed by atoms with E-state index in [2.05, 4.69) is 22.0 Å². The third kappa shape index (κ3) is 2.35. The molecule has 0 aromatic carbocycles. The second-order valence-electron chi connectivity index (χ2n) is 4.58. The van der Waals surface area contributed by atoms with Crippen molar-refractivity contribution in [3.05, 3.63) is 10.6 Å². The summed E-state index contributed by atoms with van der Waals surface area (Å²) in [6.07, 6.45) is 2.54. The Kier molecular flexibility index (Phi) is 2.88. The summed E-state index contributed by atoms with van der Waals surface area (Å²) in [5, 5.41) is 4.10. The van der Waals surface area contributed by atoms with Gasteiger partial charge in [-0.3, -0.25) is 0 Å². The van der Waals surface area contributed by atoms with E-state index in [1.807, 2.05) is 6.92 Å². The molecule has 1 N–H and O–H groups in total. The minimum Gasteiger partial charge on any atom is -0.464 e. The Bertz CT molecular complexity index is 410. The molecule has 0 aliphatic heterocycles. The molecule has 1 aromatic rings. The third-order valence-electron chi connectivity index (χ3n) is 2.95. The smallest absolute Gasteiger partial charge is 0.357 e. The van der Waals surface area contributed by atoms with E-state index < -0.39 is 0 Å². The van der Waals surface area contributed by atoms with Gasteiger partial charge in [-0.15, -0.1) is 11.3 Å². The largest absolute Gasteiger partial charge is 0.464 e. The van der Waals surface area contributed by atoms with Gasteiger partial charge < -0.3 is 10.1 Å². The van der Waals surface area contributed by atoms with Crippen molar-refractivity contribution in [3.8, 4) is 0 Å². The van der Waals surface area contributed by atoms with Gasteiger partial charge in [0, 0.05) is 11.4 Å². The van der Waals surface area contributed by atoms with E-state index in [1.165, 1.54) is 31.3 Å². The molecule has 0 unspecified atom stereocenters. The van der Waals surface area contributed by atoms with Crippen molar-refractivity contribution in [2.45, 2.75) is 26.7 Å². The van der Waals surface area contributed by atoms with Crippen LogP contribution in [0.15, 0.2) is 0 Å². The number of nitrogens with one attached hydrogen (secondary N) is 1. The normalized spacial score (nSPS) is 16.9. The van der Waals surface area contributed by atoms with E-state index in [1.54, 1.807) is 0 Å². The Hall–Kier alpha value is -1.10. The fourth-order valence-electron chi connectivity index (χ4n) is 1.44. The SMILES string of the molecule is COC(=O)c1nc(NCC2(C)CC2)sc1C. The molecule has 5 heteroatoms. The van der Waals surface area contributed by atoms with E-state index in [0.29, 0.717) is 11.1 Å². The van der Waals surface area contributed by atoms with E-state index in [9.17, 15) is 4.79 Å². The monoisotopic (exact) mass is 240 g/mol. The quantitative estimate of drug-likeness (QED) is 0.821. The maximum absolute atomic E-state index is 11.4. The van der Waals surface area contributed by atoms with Crippen molar-refractivity contribution in [2.24, 2.45) is 5.41 Å². The second-order valence-corrected chi connectivity index (χ2v) is 5.78. The number of nitrogens with zero attached hydrogens (tertiary/aromatic N) is 1. The molecule has 16 heavy (non-hydrogen) atoms. The van der Waals surface area contributed by atoms with Crippen LogP contribution in [-0.2, 0) is 4.74 Å². The zero-order valence-electron chi connectivity index (χ0n) is 9.79. The molecule has 88 valence electrons. The number of aromatic nitrogens is 1. The first kappa shape index (κ1) is 11.4. The van der Waals surface area contributed by atoms with Crippen molar-refractivity contribution in [1.29, 1.82) is 0 Å². The number of carbonyl (C=O) groups is 1. The summed E-state index contributed by atoms with van der Waals surface area (Å²) < 4.78 is 4.67. The average molecular weight is 240 g/mol. The molecular weight excluding hydrogens is 224 g/mol. The van der Waals surface area contributed by atoms with Crippen LogP contribution in [0.25, 0.3) is 0 Å². The summed E-state index contributed by atoms with van der Waals surface area (Å²) in [4.78, 5) is 16.5. The van der Waals surface area contributed by atoms with E-state index >= 15 is 0 Å². The van der Waals surface area contributed by atoms with Gasteiger partial charge in [0.1, 0.15) is 0 Å². The lowest BCUT2D eigenvalue weighted by molar-refractivity contribution is 0.0594. The lowest BCUT2D eigenvalue weighted by atomic mass is 10.1. The third-order valence-corrected chi connectivity index (χ3v) is 3.87. The van der Waals surface area contributed by atoms with Crippen LogP contribution in [0.2, 0.25) is 0 Å². The predicted molar refractivity (Wildman–Crippen MR) is 64.0 cm³/mol. The van der Waals surface area contributed by atoms with Crippen LogP contribution in [0.5, 0.6) is 0 Å². The van der Waals surface area contributed by atoms with E-state index in [4.69, 9.17) is 0 Å². The van der Waals surface area contributed by atoms with Crippen LogP contribution in [0.1, 0.15) is 35.1 Å². The van der Waals surface area contributed by atoms with Crippen molar-refractivity contribution in [1.82, 2.24) is 4.98 Å². The molecule has 1 aromatic heterocycles. The molecule has 0 spiro atoms. The standard InChI is InChI=1S/C11H16N2O2S/c1-7-8(9(14)15-3)13-10(16-7)12-6-11(2)4-5-11/h4-6H2,1-3H3,(H,12,13). The lowest BCUT2D eigenvalue weighted by Crippen LogP contribution is -2.11. The van der Waals surface area contributed by atoms with Gasteiger partial charge in [-0.05, 0) is 25.2 Å². The highest BCUT2D eigenvalue weighted by Crippen LogP contribution is 2.44. The average Bonchev–Trinajstić information content (AvgIpc) is 2.87. The molecule has 1 saturated carbocycles. The van der Waals surface area contributed by atoms with Gasteiger partial charge in [0.15, 0.2) is 10.8 Å². The van der Waals surface area contributed by atoms with Gasteiger partial charge >= 0.3 is 5.97 Å². The number of methoxy groups -OCH3 is 1. The summed E-state index contributed by atoms with van der Waals surface area (Å²) >= 11 is 1.50. The Morgan fingerprint density at radius 2 is 2.31 bits per heavy atom. The number of aryl methyl sites for hydroxylation is 1. The molecule has 4 nitrogen and oxygen atoms in total. The van der Waals surface area contributed by atoms with Gasteiger partial charge in [-0.2, -0.15) is 0 Å². The highest BCUT2D eigenvalue weighted by molar-refractivity contribution is 7.15. The number of hydrogen-bond donors (Lipinski definition) is 1. The summed E-state index contributed by atoms with van der Waals surface area (Å²) in [7, 11) is 1.37. The number of esters is 1. The molecule has 0 atom stereocenters. The summed E-state index contributed by atoms with van der Waals surface area (Å²) in [6.45, 7) is 5.07. The van der Waals surface area contributed by atoms with Gasteiger partial charge in [0.2, 0.25) is 0 Å². The van der Waals surface area contributed by atoms with Crippen LogP contribution in [0.4, 0.5) is 5.13 Å². The zero-order valence-corrected chi connectivity index (χ0v) is 10.6. The Morgan fingerprint density at radius 3 is 2.88 bits per heavy atom. The maximum atomic E-state index is 11.4. The van der Waals surface area contributed by atoms with Crippen LogP contribution in [0, 0.1) is 12.3 Å². The Morgan fingerprint density at radius 1 is 1.62 bits per heavy atom. The van der Waals surface area contributed by atoms with Gasteiger partial charge in [-0.25, -0.2) is 9.78 Å². The van der Waals surface area contributed by atoms with Gasteiger partial charge in [-0.1, -0.05) is 6.92 Å². The topological polar surface area (TPSA) is 51.2 Å². The number of rotatable bonds is 4. The molecule has 2 rings (SSSR count). The molecule has 0 radical (unpaired) electrons. The molecule has 0 bridgehead atoms. The minimum atomic E-state index is -0.362. The highest BCUT2D eigenvalue weighted by atomic mass is 32.1. The van der Waals surface area contributed by atoms with E-state index in [0.717, 1.165) is 16.6 Å². The number of ether oxygens (including phenoxy) is 1. The maximum Gasteiger partial charge on any atom is 0.357 e. The molecule has 1 heterocycles. The number of thiazole rings is 1. The highest BCUT2D eigenvalue weighted by Gasteiger charge is 2.37. The Balaban J connectivity index is 2.02. The minimum absolute atomic E-state index is 0.362. The molecule has 0 amide bonds. The first-order chi connectivity index (χ1) is 7.54. The van der Waals surface area contributed by atoms with Crippen molar-refractivity contribution < 1.29 is 9.53 Å². The lowest BCUT2D eigenvalue weighted by Gasteiger charge is -2.07. The van der Waals surface area contributed by atoms with Crippen LogP contribution >= 0.6 is 11.3 Å². The molecule has 0 saturated heterocycles. The molecule has 1 fully saturated rings. The first-order valence-corrected chi connectivity index (χ1v) is 6.15. The summed E-state index contributed by atoms with van der Waals surface area (Å²) in [5.41, 5.74) is 0.862. The predicted octanol–water partition coefficient (Wildman–Crippen LogP) is 2.45. The fourth-order valence-corrected chi connectivity index (χ4v) is 2.23. The van der Waals surface area contributed by atoms with Crippen LogP contribution in [-0.4, -0.2) is 24.6 Å². The van der Waals surface area contributed by atoms with Crippen LogP contribution < -0.4 is 5.32 Å². The van der Waals surface area contributed by atoms with Gasteiger partial charge in [0.05, 0.1) is 7.11 Å². The number of anilines is 1. The van der Waals surface area contributed by atoms with Gasteiger partial charge in [0.25, 0.3) is 0 Å². The molecular formula is C11H16N2O2S. The van der Waals surface area contributed by atoms with Crippen LogP contribution in [0.3, 0.4) is 0 Å². The molecule has 1 aliphatic rings. The molecule has 1 aliphatic carbocycles. The summed E-state index contributed by atoms with van der Waals surface area (Å²) in [6, 6.07) is 0. The second kappa shape index (κ2) is 4.05. The van der Waals surface area contributed by atoms with E-state index in [-0.39, 0.29) is 5.97 Å². The Labute approximate surface area is 99.0 Å². The number of carbonyl (C=O) groups excluding carboxylic acids is 1. The van der Waals surface area contributed by atoms with Crippen molar-refractivity contribution >= 4 is 22.4 Å². The fraction of sp³-hybridized carbons (Fsp3) is 0.636. The zero-order chi connectivity index (χ0) is 11.8. The first-order valence-electron chi connectivity index (χ1n) is 5.34. The van der Waals surface area contributed by atoms with Crippen molar-refractivity contribution in [2.75, 3.05) is 19.0 Å². The summed E-state index contributed by atoms with van der Waals surface area (Å²) in [5.74, 6) is -0.362. The van der Waals surface area contributed by atoms with Crippen molar-refractivity contribution in [3.63, 3.8) is 0 Å². The number of hydrogen-bond acceptors (Lipinski definition) is 5.